The van der Waals surface area contributed by atoms with Gasteiger partial charge in [0, 0.05) is 19.6 Å². The first-order valence-electron chi connectivity index (χ1n) is 9.35. The number of halogens is 1. The van der Waals surface area contributed by atoms with Gasteiger partial charge in [-0.15, -0.1) is 12.4 Å². The van der Waals surface area contributed by atoms with Gasteiger partial charge in [0.2, 0.25) is 5.82 Å². The normalized spacial score (nSPS) is 14.9. The number of H-pyrrole nitrogens is 1. The average Bonchev–Trinajstić information content (AvgIpc) is 3.17. The van der Waals surface area contributed by atoms with E-state index in [1.165, 1.54) is 0 Å². The Kier molecular flexibility index (Phi) is 7.26. The van der Waals surface area contributed by atoms with Gasteiger partial charge in [0.05, 0.1) is 6.20 Å². The minimum atomic E-state index is -0.602. The van der Waals surface area contributed by atoms with E-state index in [4.69, 9.17) is 9.47 Å². The Labute approximate surface area is 174 Å². The molecule has 1 aliphatic heterocycles. The lowest BCUT2D eigenvalue weighted by Gasteiger charge is -2.32. The van der Waals surface area contributed by atoms with Crippen LogP contribution in [0.2, 0.25) is 0 Å². The van der Waals surface area contributed by atoms with Gasteiger partial charge in [-0.3, -0.25) is 14.4 Å². The van der Waals surface area contributed by atoms with Crippen molar-refractivity contribution in [1.82, 2.24) is 20.0 Å². The summed E-state index contributed by atoms with van der Waals surface area (Å²) in [5.41, 5.74) is 0.527. The third kappa shape index (κ3) is 5.82. The molecule has 29 heavy (non-hydrogen) atoms. The molecule has 1 N–H and O–H groups in total. The maximum atomic E-state index is 11.0. The average molecular weight is 419 g/mol. The molecule has 0 aliphatic carbocycles. The highest BCUT2D eigenvalue weighted by atomic mass is 35.5. The van der Waals surface area contributed by atoms with E-state index in [2.05, 4.69) is 24.5 Å². The molecule has 3 aromatic rings. The lowest BCUT2D eigenvalue weighted by Crippen LogP contribution is -2.40. The summed E-state index contributed by atoms with van der Waals surface area (Å²) >= 11 is 0. The van der Waals surface area contributed by atoms with Gasteiger partial charge in [-0.2, -0.15) is 0 Å². The molecule has 1 aromatic carbocycles. The lowest BCUT2D eigenvalue weighted by atomic mass is 10.1. The molecule has 4 rings (SSSR count). The van der Waals surface area contributed by atoms with Crippen LogP contribution in [0.5, 0.6) is 11.5 Å². The molecule has 1 saturated heterocycles. The smallest absolute Gasteiger partial charge is 0.439 e. The predicted molar refractivity (Wildman–Crippen MR) is 110 cm³/mol. The predicted octanol–water partition coefficient (Wildman–Crippen LogP) is 2.77. The van der Waals surface area contributed by atoms with E-state index in [1.54, 1.807) is 18.3 Å². The summed E-state index contributed by atoms with van der Waals surface area (Å²) in [6.07, 6.45) is 3.92. The van der Waals surface area contributed by atoms with Crippen LogP contribution in [0.25, 0.3) is 11.5 Å². The number of ether oxygens (including phenoxy) is 2. The number of nitrogens with one attached hydrogen (secondary N) is 1. The molecule has 8 nitrogen and oxygen atoms in total. The second-order valence-corrected chi connectivity index (χ2v) is 6.64. The van der Waals surface area contributed by atoms with Crippen molar-refractivity contribution in [2.24, 2.45) is 0 Å². The molecule has 0 unspecified atom stereocenters. The van der Waals surface area contributed by atoms with E-state index in [-0.39, 0.29) is 18.5 Å². The monoisotopic (exact) mass is 418 g/mol. The number of rotatable bonds is 7. The standard InChI is InChI=1S/C20H22N4O4.ClH/c25-20-22-19(23-28-20)18-7-6-17(14-21-18)26-13-12-24-10-8-16(9-11-24)27-15-4-2-1-3-5-15;/h1-7,14,16H,8-13H2,(H,22,23,25);1H. The Morgan fingerprint density at radius 3 is 2.55 bits per heavy atom. The molecule has 3 heterocycles. The first-order chi connectivity index (χ1) is 13.8. The van der Waals surface area contributed by atoms with E-state index in [0.717, 1.165) is 38.2 Å². The highest BCUT2D eigenvalue weighted by Gasteiger charge is 2.20. The van der Waals surface area contributed by atoms with Gasteiger partial charge in [-0.25, -0.2) is 9.78 Å². The van der Waals surface area contributed by atoms with Gasteiger partial charge in [0.1, 0.15) is 29.9 Å². The van der Waals surface area contributed by atoms with Gasteiger partial charge in [-0.05, 0) is 37.1 Å². The van der Waals surface area contributed by atoms with Gasteiger partial charge in [-0.1, -0.05) is 23.4 Å². The van der Waals surface area contributed by atoms with Crippen molar-refractivity contribution in [2.45, 2.75) is 18.9 Å². The lowest BCUT2D eigenvalue weighted by molar-refractivity contribution is 0.0915. The van der Waals surface area contributed by atoms with Crippen molar-refractivity contribution in [3.63, 3.8) is 0 Å². The van der Waals surface area contributed by atoms with Crippen molar-refractivity contribution >= 4 is 12.4 Å². The summed E-state index contributed by atoms with van der Waals surface area (Å²) in [4.78, 5) is 20.1. The fourth-order valence-electron chi connectivity index (χ4n) is 3.18. The largest absolute Gasteiger partial charge is 0.491 e. The first kappa shape index (κ1) is 20.9. The van der Waals surface area contributed by atoms with E-state index in [1.807, 2.05) is 30.3 Å². The number of aromatic amines is 1. The molecule has 154 valence electrons. The zero-order valence-electron chi connectivity index (χ0n) is 15.8. The highest BCUT2D eigenvalue weighted by Crippen LogP contribution is 2.19. The Morgan fingerprint density at radius 1 is 1.10 bits per heavy atom. The number of hydrogen-bond donors (Lipinski definition) is 1. The Balaban J connectivity index is 0.00000240. The number of hydrogen-bond acceptors (Lipinski definition) is 7. The summed E-state index contributed by atoms with van der Waals surface area (Å²) in [7, 11) is 0. The molecule has 0 spiro atoms. The van der Waals surface area contributed by atoms with Crippen LogP contribution in [-0.2, 0) is 0 Å². The molecular weight excluding hydrogens is 396 g/mol. The van der Waals surface area contributed by atoms with Gasteiger partial charge in [0.15, 0.2) is 0 Å². The zero-order valence-corrected chi connectivity index (χ0v) is 16.6. The van der Waals surface area contributed by atoms with Crippen LogP contribution in [0.1, 0.15) is 12.8 Å². The number of pyridine rings is 1. The van der Waals surface area contributed by atoms with E-state index in [0.29, 0.717) is 23.9 Å². The number of likely N-dealkylation sites (tertiary alicyclic amines) is 1. The number of nitrogens with zero attached hydrogens (tertiary/aromatic N) is 3. The fourth-order valence-corrected chi connectivity index (χ4v) is 3.18. The minimum Gasteiger partial charge on any atom is -0.491 e. The first-order valence-corrected chi connectivity index (χ1v) is 9.35. The molecule has 9 heteroatoms. The third-order valence-corrected chi connectivity index (χ3v) is 4.68. The van der Waals surface area contributed by atoms with Crippen molar-refractivity contribution in [2.75, 3.05) is 26.2 Å². The summed E-state index contributed by atoms with van der Waals surface area (Å²) in [6.45, 7) is 3.44. The maximum absolute atomic E-state index is 11.0. The van der Waals surface area contributed by atoms with Crippen molar-refractivity contribution < 1.29 is 14.0 Å². The SMILES string of the molecule is Cl.O=c1[nH]c(-c2ccc(OCCN3CCC(Oc4ccccc4)CC3)cn2)no1. The topological polar surface area (TPSA) is 93.5 Å². The molecule has 0 saturated carbocycles. The Morgan fingerprint density at radius 2 is 1.90 bits per heavy atom. The molecule has 0 atom stereocenters. The number of aromatic nitrogens is 3. The van der Waals surface area contributed by atoms with Crippen LogP contribution < -0.4 is 15.2 Å². The molecule has 0 amide bonds. The molecule has 0 radical (unpaired) electrons. The summed E-state index contributed by atoms with van der Waals surface area (Å²) < 4.78 is 16.3. The summed E-state index contributed by atoms with van der Waals surface area (Å²) in [6, 6.07) is 13.5. The van der Waals surface area contributed by atoms with Crippen LogP contribution in [0.15, 0.2) is 58.0 Å². The second-order valence-electron chi connectivity index (χ2n) is 6.64. The van der Waals surface area contributed by atoms with Gasteiger partial charge >= 0.3 is 5.76 Å². The fraction of sp³-hybridized carbons (Fsp3) is 0.350. The van der Waals surface area contributed by atoms with Crippen LogP contribution in [0.3, 0.4) is 0 Å². The summed E-state index contributed by atoms with van der Waals surface area (Å²) in [5.74, 6) is 1.32. The molecule has 2 aromatic heterocycles. The highest BCUT2D eigenvalue weighted by molar-refractivity contribution is 5.85. The number of para-hydroxylation sites is 1. The Bertz CT molecular complexity index is 921. The Hall–Kier alpha value is -2.84. The van der Waals surface area contributed by atoms with E-state index in [9.17, 15) is 4.79 Å². The van der Waals surface area contributed by atoms with Crippen LogP contribution >= 0.6 is 12.4 Å². The van der Waals surface area contributed by atoms with Crippen molar-refractivity contribution in [1.29, 1.82) is 0 Å². The van der Waals surface area contributed by atoms with Crippen molar-refractivity contribution in [3.8, 4) is 23.0 Å². The van der Waals surface area contributed by atoms with E-state index < -0.39 is 5.76 Å². The molecular formula is C20H23ClN4O4. The number of piperidine rings is 1. The third-order valence-electron chi connectivity index (χ3n) is 4.68. The van der Waals surface area contributed by atoms with Crippen LogP contribution in [0.4, 0.5) is 0 Å². The molecule has 1 aliphatic rings. The molecule has 1 fully saturated rings. The minimum absolute atomic E-state index is 0. The maximum Gasteiger partial charge on any atom is 0.439 e. The van der Waals surface area contributed by atoms with Gasteiger partial charge in [0.25, 0.3) is 0 Å². The van der Waals surface area contributed by atoms with Crippen LogP contribution in [0, 0.1) is 0 Å². The zero-order chi connectivity index (χ0) is 19.2. The van der Waals surface area contributed by atoms with E-state index >= 15 is 0 Å². The van der Waals surface area contributed by atoms with Crippen LogP contribution in [-0.4, -0.2) is 52.4 Å². The van der Waals surface area contributed by atoms with Crippen molar-refractivity contribution in [3.05, 3.63) is 59.2 Å². The van der Waals surface area contributed by atoms with Gasteiger partial charge < -0.3 is 9.47 Å². The number of benzene rings is 1. The molecule has 0 bridgehead atoms. The summed E-state index contributed by atoms with van der Waals surface area (Å²) in [5, 5.41) is 3.61. The second kappa shape index (κ2) is 10.1. The quantitative estimate of drug-likeness (QED) is 0.630.